The van der Waals surface area contributed by atoms with Gasteiger partial charge in [0.2, 0.25) is 0 Å². The topological polar surface area (TPSA) is 54.4 Å². The number of carboxylic acid groups (broad SMARTS) is 1. The number of carbonyl (C=O) groups excluding carboxylic acids is 1. The number of carbonyl (C=O) groups is 2. The van der Waals surface area contributed by atoms with Crippen LogP contribution in [-0.4, -0.2) is 17.4 Å². The van der Waals surface area contributed by atoms with Crippen LogP contribution in [0.25, 0.3) is 10.8 Å². The molecule has 0 amide bonds. The first-order valence-electron chi connectivity index (χ1n) is 4.77. The summed E-state index contributed by atoms with van der Waals surface area (Å²) in [5, 5.41) is 9.55. The number of hydrogen-bond donors (Lipinski definition) is 1. The van der Waals surface area contributed by atoms with Crippen LogP contribution in [0.4, 0.5) is 0 Å². The summed E-state index contributed by atoms with van der Waals surface area (Å²) in [6, 6.07) is 13.6. The van der Waals surface area contributed by atoms with Crippen LogP contribution in [0.2, 0.25) is 0 Å². The number of rotatable bonds is 1. The van der Waals surface area contributed by atoms with Gasteiger partial charge in [0.15, 0.2) is 6.29 Å². The number of benzene rings is 2. The van der Waals surface area contributed by atoms with E-state index in [0.717, 1.165) is 29.5 Å². The number of aliphatic carboxylic acids is 1. The summed E-state index contributed by atoms with van der Waals surface area (Å²) in [6.07, 6.45) is 0.891. The quantitative estimate of drug-likeness (QED) is 0.557. The van der Waals surface area contributed by atoms with Gasteiger partial charge in [-0.3, -0.25) is 9.59 Å². The second kappa shape index (κ2) is 8.01. The molecular weight excluding hydrogens is 227 g/mol. The maximum absolute atomic E-state index is 10.6. The summed E-state index contributed by atoms with van der Waals surface area (Å²) in [5.41, 5.74) is 0.758. The standard InChI is InChI=1S/C11H8O.C2H4O2.Na.H/c12-8-10-6-3-5-9-4-1-2-7-11(9)10;1-2(3)4;;/h1-8H;1H3,(H,3,4);;/q;;+1;-1. The summed E-state index contributed by atoms with van der Waals surface area (Å²) < 4.78 is 0. The van der Waals surface area contributed by atoms with Gasteiger partial charge in [0.25, 0.3) is 5.97 Å². The van der Waals surface area contributed by atoms with Crippen molar-refractivity contribution in [3.05, 3.63) is 48.0 Å². The molecule has 0 unspecified atom stereocenters. The third kappa shape index (κ3) is 5.13. The Morgan fingerprint density at radius 2 is 1.71 bits per heavy atom. The number of aldehydes is 1. The Hall–Kier alpha value is -1.16. The maximum atomic E-state index is 10.6. The molecule has 0 saturated heterocycles. The molecule has 0 aliphatic heterocycles. The van der Waals surface area contributed by atoms with Gasteiger partial charge in [-0.15, -0.1) is 0 Å². The van der Waals surface area contributed by atoms with Gasteiger partial charge in [-0.25, -0.2) is 0 Å². The van der Waals surface area contributed by atoms with Crippen LogP contribution in [0.1, 0.15) is 18.7 Å². The monoisotopic (exact) mass is 240 g/mol. The van der Waals surface area contributed by atoms with Crippen LogP contribution in [0.5, 0.6) is 0 Å². The molecule has 0 spiro atoms. The average molecular weight is 240 g/mol. The molecule has 0 heterocycles. The van der Waals surface area contributed by atoms with E-state index >= 15 is 0 Å². The Morgan fingerprint density at radius 1 is 1.18 bits per heavy atom. The summed E-state index contributed by atoms with van der Waals surface area (Å²) in [7, 11) is 0. The van der Waals surface area contributed by atoms with Crippen LogP contribution in [0, 0.1) is 0 Å². The predicted molar refractivity (Wildman–Crippen MR) is 63.8 cm³/mol. The van der Waals surface area contributed by atoms with Gasteiger partial charge in [-0.2, -0.15) is 0 Å². The Balaban J connectivity index is 0. The molecule has 0 atom stereocenters. The van der Waals surface area contributed by atoms with Gasteiger partial charge in [-0.05, 0) is 10.8 Å². The molecule has 4 heteroatoms. The number of fused-ring (bicyclic) bond motifs is 1. The van der Waals surface area contributed by atoms with Gasteiger partial charge in [0.1, 0.15) is 0 Å². The van der Waals surface area contributed by atoms with Gasteiger partial charge in [0.05, 0.1) is 0 Å². The molecular formula is C13H13NaO3. The largest absolute Gasteiger partial charge is 1.00 e. The molecule has 0 bridgehead atoms. The molecule has 0 fully saturated rings. The Labute approximate surface area is 123 Å². The minimum absolute atomic E-state index is 0. The van der Waals surface area contributed by atoms with Crippen molar-refractivity contribution in [2.75, 3.05) is 0 Å². The van der Waals surface area contributed by atoms with Crippen molar-refractivity contribution in [2.45, 2.75) is 6.92 Å². The first-order chi connectivity index (χ1) is 7.65. The molecule has 0 saturated carbocycles. The molecule has 1 N–H and O–H groups in total. The minimum atomic E-state index is -0.833. The van der Waals surface area contributed by atoms with Gasteiger partial charge >= 0.3 is 29.6 Å². The SMILES string of the molecule is CC(=O)O.O=Cc1cccc2ccccc12.[H-].[Na+]. The normalized spacial score (nSPS) is 8.53. The summed E-state index contributed by atoms with van der Waals surface area (Å²) in [5.74, 6) is -0.833. The number of carboxylic acids is 1. The molecule has 3 nitrogen and oxygen atoms in total. The second-order valence-corrected chi connectivity index (χ2v) is 3.21. The van der Waals surface area contributed by atoms with E-state index < -0.39 is 5.97 Å². The molecule has 0 aromatic heterocycles. The van der Waals surface area contributed by atoms with E-state index in [-0.39, 0.29) is 31.0 Å². The molecule has 2 rings (SSSR count). The zero-order valence-corrected chi connectivity index (χ0v) is 11.9. The van der Waals surface area contributed by atoms with Crippen molar-refractivity contribution in [3.63, 3.8) is 0 Å². The van der Waals surface area contributed by atoms with Crippen molar-refractivity contribution in [1.29, 1.82) is 0 Å². The van der Waals surface area contributed by atoms with Crippen LogP contribution < -0.4 is 29.6 Å². The zero-order chi connectivity index (χ0) is 12.0. The van der Waals surface area contributed by atoms with Gasteiger partial charge in [0, 0.05) is 12.5 Å². The fraction of sp³-hybridized carbons (Fsp3) is 0.0769. The van der Waals surface area contributed by atoms with E-state index in [4.69, 9.17) is 9.90 Å². The van der Waals surface area contributed by atoms with Crippen LogP contribution in [0.15, 0.2) is 42.5 Å². The van der Waals surface area contributed by atoms with Gasteiger partial charge in [-0.1, -0.05) is 42.5 Å². The van der Waals surface area contributed by atoms with E-state index in [9.17, 15) is 4.79 Å². The Kier molecular flexibility index (Phi) is 7.46. The zero-order valence-electron chi connectivity index (χ0n) is 10.9. The van der Waals surface area contributed by atoms with Gasteiger partial charge < -0.3 is 6.53 Å². The molecule has 84 valence electrons. The fourth-order valence-corrected chi connectivity index (χ4v) is 1.35. The van der Waals surface area contributed by atoms with E-state index in [2.05, 4.69) is 0 Å². The van der Waals surface area contributed by atoms with Crippen molar-refractivity contribution >= 4 is 23.0 Å². The third-order valence-electron chi connectivity index (χ3n) is 1.95. The molecule has 2 aromatic carbocycles. The van der Waals surface area contributed by atoms with Crippen molar-refractivity contribution in [2.24, 2.45) is 0 Å². The van der Waals surface area contributed by atoms with Crippen LogP contribution in [0.3, 0.4) is 0 Å². The molecule has 2 aromatic rings. The number of hydrogen-bond acceptors (Lipinski definition) is 2. The Morgan fingerprint density at radius 3 is 2.29 bits per heavy atom. The van der Waals surface area contributed by atoms with E-state index in [1.54, 1.807) is 0 Å². The van der Waals surface area contributed by atoms with E-state index in [1.165, 1.54) is 0 Å². The average Bonchev–Trinajstić information content (AvgIpc) is 2.27. The molecule has 0 aliphatic rings. The first-order valence-corrected chi connectivity index (χ1v) is 4.77. The first kappa shape index (κ1) is 15.8. The van der Waals surface area contributed by atoms with E-state index in [1.807, 2.05) is 42.5 Å². The predicted octanol–water partition coefficient (Wildman–Crippen LogP) is -0.140. The summed E-state index contributed by atoms with van der Waals surface area (Å²) in [6.45, 7) is 1.08. The third-order valence-corrected chi connectivity index (χ3v) is 1.95. The van der Waals surface area contributed by atoms with Crippen molar-refractivity contribution in [1.82, 2.24) is 0 Å². The van der Waals surface area contributed by atoms with E-state index in [0.29, 0.717) is 0 Å². The molecule has 0 radical (unpaired) electrons. The Bertz CT molecular complexity index is 505. The molecule has 17 heavy (non-hydrogen) atoms. The van der Waals surface area contributed by atoms with Crippen molar-refractivity contribution < 1.29 is 45.7 Å². The minimum Gasteiger partial charge on any atom is -1.00 e. The molecule has 0 aliphatic carbocycles. The smallest absolute Gasteiger partial charge is 1.00 e. The fourth-order valence-electron chi connectivity index (χ4n) is 1.35. The van der Waals surface area contributed by atoms with Crippen molar-refractivity contribution in [3.8, 4) is 0 Å². The van der Waals surface area contributed by atoms with Crippen LogP contribution >= 0.6 is 0 Å². The second-order valence-electron chi connectivity index (χ2n) is 3.21. The summed E-state index contributed by atoms with van der Waals surface area (Å²) >= 11 is 0. The maximum Gasteiger partial charge on any atom is 1.00 e. The van der Waals surface area contributed by atoms with Crippen LogP contribution in [-0.2, 0) is 4.79 Å². The summed E-state index contributed by atoms with van der Waals surface area (Å²) in [4.78, 5) is 19.6.